The first-order valence-corrected chi connectivity index (χ1v) is 7.37. The van der Waals surface area contributed by atoms with Gasteiger partial charge in [0, 0.05) is 6.04 Å². The minimum absolute atomic E-state index is 0.273. The van der Waals surface area contributed by atoms with Crippen LogP contribution in [0.2, 0.25) is 0 Å². The van der Waals surface area contributed by atoms with Crippen molar-refractivity contribution in [2.45, 2.75) is 57.6 Å². The van der Waals surface area contributed by atoms with E-state index in [1.54, 1.807) is 13.8 Å². The van der Waals surface area contributed by atoms with Crippen LogP contribution in [-0.4, -0.2) is 17.7 Å². The summed E-state index contributed by atoms with van der Waals surface area (Å²) in [6.45, 7) is 3.23. The molecule has 4 saturated carbocycles. The molecule has 0 heterocycles. The molecule has 0 radical (unpaired) electrons. The van der Waals surface area contributed by atoms with E-state index in [2.05, 4.69) is 5.32 Å². The van der Waals surface area contributed by atoms with Gasteiger partial charge in [0.2, 0.25) is 0 Å². The summed E-state index contributed by atoms with van der Waals surface area (Å²) in [4.78, 5) is 11.9. The first kappa shape index (κ1) is 12.8. The second kappa shape index (κ2) is 4.40. The molecule has 0 aliphatic heterocycles. The van der Waals surface area contributed by atoms with Gasteiger partial charge in [0.15, 0.2) is 5.60 Å². The first-order chi connectivity index (χ1) is 8.97. The van der Waals surface area contributed by atoms with Crippen LogP contribution in [0, 0.1) is 35.0 Å². The summed E-state index contributed by atoms with van der Waals surface area (Å²) in [5.74, 6) is 3.06. The Morgan fingerprint density at radius 2 is 1.68 bits per heavy atom. The highest BCUT2D eigenvalue weighted by Crippen LogP contribution is 2.53. The summed E-state index contributed by atoms with van der Waals surface area (Å²) < 4.78 is 5.18. The highest BCUT2D eigenvalue weighted by atomic mass is 16.6. The summed E-state index contributed by atoms with van der Waals surface area (Å²) >= 11 is 0. The molecule has 4 nitrogen and oxygen atoms in total. The Balaban J connectivity index is 1.62. The lowest BCUT2D eigenvalue weighted by Gasteiger charge is -2.54. The molecule has 104 valence electrons. The third-order valence-electron chi connectivity index (χ3n) is 5.13. The van der Waals surface area contributed by atoms with Gasteiger partial charge in [-0.05, 0) is 69.6 Å². The predicted octanol–water partition coefficient (Wildman–Crippen LogP) is 2.84. The molecule has 0 aromatic rings. The largest absolute Gasteiger partial charge is 0.428 e. The molecule has 4 bridgehead atoms. The van der Waals surface area contributed by atoms with Crippen LogP contribution in [0.1, 0.15) is 46.0 Å². The molecule has 0 aromatic carbocycles. The number of amides is 1. The Morgan fingerprint density at radius 3 is 2.16 bits per heavy atom. The van der Waals surface area contributed by atoms with Crippen LogP contribution in [0.5, 0.6) is 0 Å². The number of carbonyl (C=O) groups excluding carboxylic acids is 1. The number of ether oxygens (including phenoxy) is 1. The van der Waals surface area contributed by atoms with E-state index in [0.29, 0.717) is 11.8 Å². The molecular weight excluding hydrogens is 240 g/mol. The van der Waals surface area contributed by atoms with Gasteiger partial charge in [0.1, 0.15) is 6.07 Å². The number of rotatable bonds is 2. The van der Waals surface area contributed by atoms with Crippen molar-refractivity contribution < 1.29 is 9.53 Å². The fourth-order valence-corrected chi connectivity index (χ4v) is 4.58. The molecule has 1 amide bonds. The van der Waals surface area contributed by atoms with E-state index in [1.807, 2.05) is 6.07 Å². The molecule has 0 aromatic heterocycles. The maximum Gasteiger partial charge on any atom is 0.408 e. The number of hydrogen-bond acceptors (Lipinski definition) is 3. The van der Waals surface area contributed by atoms with Gasteiger partial charge in [-0.2, -0.15) is 5.26 Å². The average Bonchev–Trinajstić information content (AvgIpc) is 2.32. The molecule has 4 heteroatoms. The molecule has 4 aliphatic carbocycles. The Kier molecular flexibility index (Phi) is 2.96. The number of alkyl carbamates (subject to hydrolysis) is 1. The third kappa shape index (κ3) is 2.43. The van der Waals surface area contributed by atoms with Crippen molar-refractivity contribution in [1.82, 2.24) is 5.32 Å². The van der Waals surface area contributed by atoms with Crippen molar-refractivity contribution >= 4 is 6.09 Å². The maximum atomic E-state index is 11.9. The van der Waals surface area contributed by atoms with Crippen LogP contribution >= 0.6 is 0 Å². The number of nitriles is 1. The fraction of sp³-hybridized carbons (Fsp3) is 0.867. The van der Waals surface area contributed by atoms with Crippen LogP contribution in [0.4, 0.5) is 4.79 Å². The predicted molar refractivity (Wildman–Crippen MR) is 70.1 cm³/mol. The van der Waals surface area contributed by atoms with Crippen LogP contribution in [0.25, 0.3) is 0 Å². The second-order valence-electron chi connectivity index (χ2n) is 7.11. The minimum Gasteiger partial charge on any atom is -0.428 e. The zero-order valence-corrected chi connectivity index (χ0v) is 11.7. The summed E-state index contributed by atoms with van der Waals surface area (Å²) in [6, 6.07) is 2.26. The van der Waals surface area contributed by atoms with Crippen molar-refractivity contribution in [3.8, 4) is 6.07 Å². The first-order valence-electron chi connectivity index (χ1n) is 7.37. The molecule has 1 N–H and O–H groups in total. The molecule has 0 atom stereocenters. The molecule has 0 unspecified atom stereocenters. The lowest BCUT2D eigenvalue weighted by molar-refractivity contribution is -0.0176. The van der Waals surface area contributed by atoms with Crippen molar-refractivity contribution in [1.29, 1.82) is 5.26 Å². The average molecular weight is 262 g/mol. The molecule has 4 rings (SSSR count). The van der Waals surface area contributed by atoms with E-state index in [1.165, 1.54) is 32.1 Å². The lowest BCUT2D eigenvalue weighted by Crippen LogP contribution is -2.56. The Morgan fingerprint density at radius 1 is 1.16 bits per heavy atom. The molecule has 4 aliphatic rings. The van der Waals surface area contributed by atoms with E-state index in [0.717, 1.165) is 11.8 Å². The molecular formula is C15H22N2O2. The molecule has 4 fully saturated rings. The number of carbonyl (C=O) groups is 1. The van der Waals surface area contributed by atoms with Gasteiger partial charge in [0.05, 0.1) is 0 Å². The lowest BCUT2D eigenvalue weighted by atomic mass is 9.54. The fourth-order valence-electron chi connectivity index (χ4n) is 4.58. The SMILES string of the molecule is CC(C)(C#N)OC(=O)NC1C2CC3CC(C2)CC1C3. The highest BCUT2D eigenvalue weighted by molar-refractivity contribution is 5.68. The van der Waals surface area contributed by atoms with Gasteiger partial charge in [-0.15, -0.1) is 0 Å². The van der Waals surface area contributed by atoms with Crippen LogP contribution in [0.15, 0.2) is 0 Å². The standard InChI is InChI=1S/C15H22N2O2/c1-15(2,8-16)19-14(18)17-13-11-4-9-3-10(6-11)7-12(13)5-9/h9-13H,3-7H2,1-2H3,(H,17,18). The van der Waals surface area contributed by atoms with Gasteiger partial charge in [-0.3, -0.25) is 0 Å². The van der Waals surface area contributed by atoms with E-state index >= 15 is 0 Å². The molecule has 0 saturated heterocycles. The van der Waals surface area contributed by atoms with Crippen molar-refractivity contribution in [3.63, 3.8) is 0 Å². The zero-order chi connectivity index (χ0) is 13.6. The quantitative estimate of drug-likeness (QED) is 0.832. The van der Waals surface area contributed by atoms with E-state index in [4.69, 9.17) is 10.00 Å². The third-order valence-corrected chi connectivity index (χ3v) is 5.13. The molecule has 0 spiro atoms. The van der Waals surface area contributed by atoms with Crippen molar-refractivity contribution in [2.75, 3.05) is 0 Å². The Hall–Kier alpha value is -1.24. The number of hydrogen-bond donors (Lipinski definition) is 1. The van der Waals surface area contributed by atoms with Gasteiger partial charge < -0.3 is 10.1 Å². The maximum absolute atomic E-state index is 11.9. The van der Waals surface area contributed by atoms with Crippen molar-refractivity contribution in [3.05, 3.63) is 0 Å². The summed E-state index contributed by atoms with van der Waals surface area (Å²) in [7, 11) is 0. The van der Waals surface area contributed by atoms with E-state index < -0.39 is 11.7 Å². The Bertz CT molecular complexity index is 396. The van der Waals surface area contributed by atoms with Gasteiger partial charge in [-0.25, -0.2) is 4.79 Å². The van der Waals surface area contributed by atoms with Crippen LogP contribution in [-0.2, 0) is 4.74 Å². The highest BCUT2D eigenvalue weighted by Gasteiger charge is 2.48. The van der Waals surface area contributed by atoms with E-state index in [-0.39, 0.29) is 6.04 Å². The summed E-state index contributed by atoms with van der Waals surface area (Å²) in [5, 5.41) is 11.9. The number of nitrogens with one attached hydrogen (secondary N) is 1. The summed E-state index contributed by atoms with van der Waals surface area (Å²) in [6.07, 6.45) is 6.04. The van der Waals surface area contributed by atoms with Crippen LogP contribution in [0.3, 0.4) is 0 Å². The normalized spacial score (nSPS) is 39.7. The topological polar surface area (TPSA) is 62.1 Å². The minimum atomic E-state index is -1.05. The van der Waals surface area contributed by atoms with Gasteiger partial charge in [-0.1, -0.05) is 0 Å². The van der Waals surface area contributed by atoms with Crippen molar-refractivity contribution in [2.24, 2.45) is 23.7 Å². The number of nitrogens with zero attached hydrogens (tertiary/aromatic N) is 1. The zero-order valence-electron chi connectivity index (χ0n) is 11.7. The second-order valence-corrected chi connectivity index (χ2v) is 7.11. The van der Waals surface area contributed by atoms with Crippen LogP contribution < -0.4 is 5.32 Å². The van der Waals surface area contributed by atoms with E-state index in [9.17, 15) is 4.79 Å². The monoisotopic (exact) mass is 262 g/mol. The summed E-state index contributed by atoms with van der Waals surface area (Å²) in [5.41, 5.74) is -1.05. The molecule has 19 heavy (non-hydrogen) atoms. The van der Waals surface area contributed by atoms with Gasteiger partial charge >= 0.3 is 6.09 Å². The van der Waals surface area contributed by atoms with Gasteiger partial charge in [0.25, 0.3) is 0 Å². The smallest absolute Gasteiger partial charge is 0.408 e. The Labute approximate surface area is 114 Å².